The number of carbonyl (C=O) groups is 1. The summed E-state index contributed by atoms with van der Waals surface area (Å²) in [5, 5.41) is 12.2. The Labute approximate surface area is 253 Å². The first-order valence-corrected chi connectivity index (χ1v) is 15.5. The summed E-state index contributed by atoms with van der Waals surface area (Å²) in [6, 6.07) is 11.3. The minimum atomic E-state index is -0.691. The van der Waals surface area contributed by atoms with Gasteiger partial charge in [-0.15, -0.1) is 0 Å². The van der Waals surface area contributed by atoms with E-state index in [-0.39, 0.29) is 17.2 Å². The van der Waals surface area contributed by atoms with Gasteiger partial charge in [0.25, 0.3) is 17.2 Å². The van der Waals surface area contributed by atoms with Crippen LogP contribution in [0.2, 0.25) is 5.02 Å². The van der Waals surface area contributed by atoms with Gasteiger partial charge in [0.1, 0.15) is 0 Å². The third-order valence-electron chi connectivity index (χ3n) is 7.94. The van der Waals surface area contributed by atoms with E-state index in [2.05, 4.69) is 4.90 Å². The predicted molar refractivity (Wildman–Crippen MR) is 167 cm³/mol. The molecular formula is C31H34ClN5O4S. The molecule has 1 amide bonds. The molecule has 2 aliphatic rings. The van der Waals surface area contributed by atoms with E-state index in [1.54, 1.807) is 40.7 Å². The lowest BCUT2D eigenvalue weighted by Gasteiger charge is -2.29. The number of thiazole rings is 1. The number of anilines is 1. The first-order chi connectivity index (χ1) is 20.2. The number of halogens is 1. The van der Waals surface area contributed by atoms with Gasteiger partial charge in [-0.05, 0) is 63.5 Å². The quantitative estimate of drug-likeness (QED) is 0.276. The molecule has 9 nitrogen and oxygen atoms in total. The van der Waals surface area contributed by atoms with E-state index in [4.69, 9.17) is 16.6 Å². The number of nitro benzene ring substituents is 1. The molecule has 0 aliphatic carbocycles. The highest BCUT2D eigenvalue weighted by Crippen LogP contribution is 2.32. The SMILES string of the molecule is CCN(CC)C(=O)C1=C(C)N=c2s/c(=C\c3cc([N+](=O)[O-])ccc3N3CCCCCC3)c(=O)n2[C@@H]1c1ccc(Cl)cc1. The van der Waals surface area contributed by atoms with Gasteiger partial charge in [0.05, 0.1) is 26.8 Å². The Morgan fingerprint density at radius 2 is 1.79 bits per heavy atom. The van der Waals surface area contributed by atoms with Crippen molar-refractivity contribution in [3.63, 3.8) is 0 Å². The Balaban J connectivity index is 1.71. The van der Waals surface area contributed by atoms with E-state index in [0.29, 0.717) is 44.3 Å². The minimum absolute atomic E-state index is 0.0328. The third-order valence-corrected chi connectivity index (χ3v) is 9.18. The molecule has 3 aromatic rings. The average Bonchev–Trinajstić information content (AvgIpc) is 3.13. The molecule has 0 unspecified atom stereocenters. The summed E-state index contributed by atoms with van der Waals surface area (Å²) >= 11 is 7.42. The molecule has 220 valence electrons. The summed E-state index contributed by atoms with van der Waals surface area (Å²) in [7, 11) is 0. The topological polar surface area (TPSA) is 101 Å². The summed E-state index contributed by atoms with van der Waals surface area (Å²) in [4.78, 5) is 48.4. The number of nitro groups is 1. The van der Waals surface area contributed by atoms with Crippen LogP contribution in [0, 0.1) is 10.1 Å². The van der Waals surface area contributed by atoms with Crippen LogP contribution in [0.1, 0.15) is 63.6 Å². The van der Waals surface area contributed by atoms with E-state index in [1.807, 2.05) is 26.0 Å². The van der Waals surface area contributed by atoms with Gasteiger partial charge in [0, 0.05) is 54.6 Å². The molecule has 0 radical (unpaired) electrons. The van der Waals surface area contributed by atoms with Crippen molar-refractivity contribution in [2.75, 3.05) is 31.1 Å². The van der Waals surface area contributed by atoms with Crippen molar-refractivity contribution in [3.05, 3.63) is 99.7 Å². The fourth-order valence-electron chi connectivity index (χ4n) is 5.75. The van der Waals surface area contributed by atoms with Crippen LogP contribution in [-0.4, -0.2) is 46.5 Å². The zero-order chi connectivity index (χ0) is 30.0. The van der Waals surface area contributed by atoms with Gasteiger partial charge in [0.2, 0.25) is 0 Å². The first-order valence-electron chi connectivity index (χ1n) is 14.3. The molecular weight excluding hydrogens is 574 g/mol. The van der Waals surface area contributed by atoms with Crippen molar-refractivity contribution in [1.29, 1.82) is 0 Å². The van der Waals surface area contributed by atoms with E-state index in [9.17, 15) is 19.7 Å². The van der Waals surface area contributed by atoms with E-state index < -0.39 is 11.0 Å². The van der Waals surface area contributed by atoms with Gasteiger partial charge >= 0.3 is 0 Å². The van der Waals surface area contributed by atoms with Crippen LogP contribution in [0.5, 0.6) is 0 Å². The maximum Gasteiger partial charge on any atom is 0.271 e. The second-order valence-corrected chi connectivity index (χ2v) is 12.0. The number of fused-ring (bicyclic) bond motifs is 1. The van der Waals surface area contributed by atoms with Gasteiger partial charge < -0.3 is 9.80 Å². The third kappa shape index (κ3) is 5.78. The second kappa shape index (κ2) is 12.6. The van der Waals surface area contributed by atoms with Gasteiger partial charge in [0.15, 0.2) is 4.80 Å². The van der Waals surface area contributed by atoms with Gasteiger partial charge in [-0.2, -0.15) is 0 Å². The fraction of sp³-hybridized carbons (Fsp3) is 0.387. The van der Waals surface area contributed by atoms with Gasteiger partial charge in [-0.3, -0.25) is 24.3 Å². The second-order valence-electron chi connectivity index (χ2n) is 10.5. The van der Waals surface area contributed by atoms with Crippen molar-refractivity contribution >= 4 is 46.3 Å². The lowest BCUT2D eigenvalue weighted by atomic mass is 9.94. The molecule has 42 heavy (non-hydrogen) atoms. The Kier molecular flexibility index (Phi) is 8.93. The smallest absolute Gasteiger partial charge is 0.271 e. The Morgan fingerprint density at radius 1 is 1.12 bits per heavy atom. The minimum Gasteiger partial charge on any atom is -0.371 e. The molecule has 1 aromatic heterocycles. The molecule has 3 heterocycles. The summed E-state index contributed by atoms with van der Waals surface area (Å²) in [5.41, 5.74) is 2.91. The molecule has 1 saturated heterocycles. The standard InChI is InChI=1S/C31H34ClN5O4S/c1-4-34(5-2)30(39)27-20(3)33-31-36(28(27)21-10-12-23(32)13-11-21)29(38)26(42-31)19-22-18-24(37(40)41)14-15-25(22)35-16-8-6-7-9-17-35/h10-15,18-19,28H,4-9,16-17H2,1-3H3/b26-19-/t28-/m1/s1. The Bertz CT molecular complexity index is 1710. The molecule has 0 N–H and O–H groups in total. The van der Waals surface area contributed by atoms with Crippen LogP contribution in [-0.2, 0) is 4.79 Å². The highest BCUT2D eigenvalue weighted by molar-refractivity contribution is 7.07. The average molecular weight is 608 g/mol. The van der Waals surface area contributed by atoms with E-state index >= 15 is 0 Å². The summed E-state index contributed by atoms with van der Waals surface area (Å²) in [6.45, 7) is 8.40. The number of allylic oxidation sites excluding steroid dienone is 1. The maximum atomic E-state index is 14.2. The highest BCUT2D eigenvalue weighted by atomic mass is 35.5. The van der Waals surface area contributed by atoms with Crippen LogP contribution < -0.4 is 19.8 Å². The number of non-ortho nitro benzene ring substituents is 1. The van der Waals surface area contributed by atoms with Crippen LogP contribution in [0.4, 0.5) is 11.4 Å². The summed E-state index contributed by atoms with van der Waals surface area (Å²) in [5.74, 6) is -0.169. The highest BCUT2D eigenvalue weighted by Gasteiger charge is 2.34. The molecule has 1 fully saturated rings. The van der Waals surface area contributed by atoms with Crippen molar-refractivity contribution in [3.8, 4) is 0 Å². The first kappa shape index (κ1) is 29.7. The fourth-order valence-corrected chi connectivity index (χ4v) is 6.91. The predicted octanol–water partition coefficient (Wildman–Crippen LogP) is 5.05. The number of carbonyl (C=O) groups excluding carboxylic acids is 1. The number of nitrogens with zero attached hydrogens (tertiary/aromatic N) is 5. The lowest BCUT2D eigenvalue weighted by Crippen LogP contribution is -2.43. The molecule has 2 aromatic carbocycles. The Morgan fingerprint density at radius 3 is 2.40 bits per heavy atom. The number of hydrogen-bond donors (Lipinski definition) is 0. The normalized spacial score (nSPS) is 17.5. The summed E-state index contributed by atoms with van der Waals surface area (Å²) < 4.78 is 1.97. The van der Waals surface area contributed by atoms with Crippen molar-refractivity contribution in [2.24, 2.45) is 4.99 Å². The lowest BCUT2D eigenvalue weighted by molar-refractivity contribution is -0.384. The zero-order valence-electron chi connectivity index (χ0n) is 24.0. The molecule has 2 aliphatic heterocycles. The van der Waals surface area contributed by atoms with Crippen LogP contribution in [0.25, 0.3) is 6.08 Å². The zero-order valence-corrected chi connectivity index (χ0v) is 25.6. The van der Waals surface area contributed by atoms with Crippen molar-refractivity contribution < 1.29 is 9.72 Å². The maximum absolute atomic E-state index is 14.2. The number of likely N-dealkylation sites (N-methyl/N-ethyl adjacent to an activating group) is 1. The number of benzene rings is 2. The van der Waals surface area contributed by atoms with Crippen LogP contribution in [0.3, 0.4) is 0 Å². The van der Waals surface area contributed by atoms with Gasteiger partial charge in [-0.25, -0.2) is 4.99 Å². The largest absolute Gasteiger partial charge is 0.371 e. The van der Waals surface area contributed by atoms with E-state index in [0.717, 1.165) is 50.0 Å². The number of rotatable bonds is 7. The van der Waals surface area contributed by atoms with Crippen LogP contribution >= 0.6 is 22.9 Å². The molecule has 0 bridgehead atoms. The molecule has 5 rings (SSSR count). The number of hydrogen-bond acceptors (Lipinski definition) is 7. The molecule has 1 atom stereocenters. The molecule has 11 heteroatoms. The van der Waals surface area contributed by atoms with Crippen LogP contribution in [0.15, 0.2) is 63.5 Å². The van der Waals surface area contributed by atoms with Crippen molar-refractivity contribution in [2.45, 2.75) is 52.5 Å². The number of aromatic nitrogens is 1. The Hall–Kier alpha value is -3.76. The van der Waals surface area contributed by atoms with Crippen molar-refractivity contribution in [1.82, 2.24) is 9.47 Å². The molecule has 0 spiro atoms. The van der Waals surface area contributed by atoms with Gasteiger partial charge in [-0.1, -0.05) is 47.9 Å². The number of amides is 1. The van der Waals surface area contributed by atoms with E-state index in [1.165, 1.54) is 23.5 Å². The monoisotopic (exact) mass is 607 g/mol. The summed E-state index contributed by atoms with van der Waals surface area (Å²) in [6.07, 6.45) is 6.12. The molecule has 0 saturated carbocycles.